The molecule has 0 saturated carbocycles. The highest BCUT2D eigenvalue weighted by Crippen LogP contribution is 2.44. The molecule has 0 aromatic heterocycles. The average molecular weight is 334 g/mol. The predicted molar refractivity (Wildman–Crippen MR) is 75.1 cm³/mol. The van der Waals surface area contributed by atoms with Crippen LogP contribution in [0.4, 0.5) is 13.2 Å². The van der Waals surface area contributed by atoms with Crippen LogP contribution in [-0.4, -0.2) is 29.6 Å². The van der Waals surface area contributed by atoms with Gasteiger partial charge in [0.15, 0.2) is 9.84 Å². The van der Waals surface area contributed by atoms with E-state index in [1.165, 1.54) is 12.1 Å². The molecule has 3 rings (SSSR count). The van der Waals surface area contributed by atoms with Crippen molar-refractivity contribution < 1.29 is 26.7 Å². The summed E-state index contributed by atoms with van der Waals surface area (Å²) in [6, 6.07) is 4.87. The van der Waals surface area contributed by atoms with Crippen LogP contribution in [-0.2, 0) is 22.4 Å². The molecule has 2 unspecified atom stereocenters. The van der Waals surface area contributed by atoms with E-state index in [1.807, 2.05) is 0 Å². The Kier molecular flexibility index (Phi) is 3.56. The van der Waals surface area contributed by atoms with Crippen molar-refractivity contribution in [1.29, 1.82) is 0 Å². The molecule has 2 atom stereocenters. The van der Waals surface area contributed by atoms with Crippen LogP contribution in [0.2, 0.25) is 0 Å². The minimum absolute atomic E-state index is 0.0550. The lowest BCUT2D eigenvalue weighted by atomic mass is 9.86. The molecule has 2 heterocycles. The topological polar surface area (TPSA) is 54.4 Å². The molecule has 122 valence electrons. The summed E-state index contributed by atoms with van der Waals surface area (Å²) in [6.45, 7) is 0. The monoisotopic (exact) mass is 334 g/mol. The van der Waals surface area contributed by atoms with Crippen molar-refractivity contribution >= 4 is 9.84 Å². The molecule has 1 aromatic rings. The summed E-state index contributed by atoms with van der Waals surface area (Å²) in [6.07, 6.45) is -3.06. The Bertz CT molecular complexity index is 662. The first-order chi connectivity index (χ1) is 10.1. The van der Waals surface area contributed by atoms with E-state index in [0.29, 0.717) is 18.4 Å². The summed E-state index contributed by atoms with van der Waals surface area (Å²) < 4.78 is 62.3. The molecule has 2 fully saturated rings. The van der Waals surface area contributed by atoms with E-state index < -0.39 is 37.7 Å². The van der Waals surface area contributed by atoms with Gasteiger partial charge in [-0.05, 0) is 37.3 Å². The SMILES string of the molecule is O=S1(=O)C2CCC1CC(O)(Cc1cccc(C(F)(F)F)c1)C2. The molecule has 22 heavy (non-hydrogen) atoms. The van der Waals surface area contributed by atoms with Crippen molar-refractivity contribution in [2.24, 2.45) is 0 Å². The fraction of sp³-hybridized carbons (Fsp3) is 0.600. The third-order valence-electron chi connectivity index (χ3n) is 4.74. The van der Waals surface area contributed by atoms with Crippen molar-refractivity contribution in [2.45, 2.75) is 54.4 Å². The zero-order valence-corrected chi connectivity index (χ0v) is 12.6. The Hall–Kier alpha value is -1.08. The van der Waals surface area contributed by atoms with E-state index in [2.05, 4.69) is 0 Å². The zero-order valence-electron chi connectivity index (χ0n) is 11.8. The number of halogens is 3. The van der Waals surface area contributed by atoms with E-state index in [1.54, 1.807) is 0 Å². The lowest BCUT2D eigenvalue weighted by Gasteiger charge is -2.36. The summed E-state index contributed by atoms with van der Waals surface area (Å²) in [5.74, 6) is 0. The normalized spacial score (nSPS) is 33.8. The van der Waals surface area contributed by atoms with Gasteiger partial charge < -0.3 is 5.11 Å². The van der Waals surface area contributed by atoms with E-state index in [9.17, 15) is 26.7 Å². The third-order valence-corrected chi connectivity index (χ3v) is 7.41. The molecule has 0 aliphatic carbocycles. The van der Waals surface area contributed by atoms with Gasteiger partial charge in [-0.15, -0.1) is 0 Å². The van der Waals surface area contributed by atoms with E-state index in [0.717, 1.165) is 12.1 Å². The van der Waals surface area contributed by atoms with Crippen LogP contribution in [0.5, 0.6) is 0 Å². The number of rotatable bonds is 2. The standard InChI is InChI=1S/C15H17F3O3S/c16-15(17,18)11-3-1-2-10(6-11)7-14(19)8-12-4-5-13(9-14)22(12,20)21/h1-3,6,12-13,19H,4-5,7-9H2. The largest absolute Gasteiger partial charge is 0.416 e. The maximum absolute atomic E-state index is 12.7. The Morgan fingerprint density at radius 1 is 1.18 bits per heavy atom. The number of sulfone groups is 1. The van der Waals surface area contributed by atoms with Crippen molar-refractivity contribution in [3.63, 3.8) is 0 Å². The molecule has 2 aliphatic rings. The second-order valence-corrected chi connectivity index (χ2v) is 8.93. The molecule has 1 aromatic carbocycles. The van der Waals surface area contributed by atoms with Gasteiger partial charge in [0, 0.05) is 6.42 Å². The van der Waals surface area contributed by atoms with E-state index in [4.69, 9.17) is 0 Å². The lowest BCUT2D eigenvalue weighted by Crippen LogP contribution is -2.46. The fourth-order valence-corrected chi connectivity index (χ4v) is 6.28. The Balaban J connectivity index is 1.82. The fourth-order valence-electron chi connectivity index (χ4n) is 3.72. The molecule has 2 bridgehead atoms. The van der Waals surface area contributed by atoms with Crippen molar-refractivity contribution in [3.05, 3.63) is 35.4 Å². The van der Waals surface area contributed by atoms with Gasteiger partial charge in [0.05, 0.1) is 21.7 Å². The second kappa shape index (κ2) is 4.96. The van der Waals surface area contributed by atoms with Crippen LogP contribution in [0.3, 0.4) is 0 Å². The molecule has 7 heteroatoms. The van der Waals surface area contributed by atoms with Gasteiger partial charge in [-0.25, -0.2) is 8.42 Å². The number of aliphatic hydroxyl groups is 1. The summed E-state index contributed by atoms with van der Waals surface area (Å²) >= 11 is 0. The first-order valence-electron chi connectivity index (χ1n) is 7.21. The summed E-state index contributed by atoms with van der Waals surface area (Å²) in [4.78, 5) is 0. The van der Waals surface area contributed by atoms with Crippen LogP contribution in [0.25, 0.3) is 0 Å². The first kappa shape index (κ1) is 15.8. The average Bonchev–Trinajstić information content (AvgIpc) is 2.58. The van der Waals surface area contributed by atoms with Crippen LogP contribution in [0.15, 0.2) is 24.3 Å². The van der Waals surface area contributed by atoms with Crippen LogP contribution >= 0.6 is 0 Å². The smallest absolute Gasteiger partial charge is 0.389 e. The van der Waals surface area contributed by atoms with Crippen molar-refractivity contribution in [2.75, 3.05) is 0 Å². The minimum Gasteiger partial charge on any atom is -0.389 e. The van der Waals surface area contributed by atoms with Crippen LogP contribution < -0.4 is 0 Å². The zero-order chi connectivity index (χ0) is 16.2. The van der Waals surface area contributed by atoms with E-state index in [-0.39, 0.29) is 19.3 Å². The van der Waals surface area contributed by atoms with Gasteiger partial charge in [-0.3, -0.25) is 0 Å². The number of alkyl halides is 3. The van der Waals surface area contributed by atoms with Gasteiger partial charge in [-0.2, -0.15) is 13.2 Å². The minimum atomic E-state index is -4.42. The maximum Gasteiger partial charge on any atom is 0.416 e. The number of benzene rings is 1. The summed E-state index contributed by atoms with van der Waals surface area (Å²) in [5.41, 5.74) is -1.60. The summed E-state index contributed by atoms with van der Waals surface area (Å²) in [7, 11) is -3.16. The molecular weight excluding hydrogens is 317 g/mol. The molecule has 0 amide bonds. The molecule has 1 N–H and O–H groups in total. The Morgan fingerprint density at radius 3 is 2.32 bits per heavy atom. The van der Waals surface area contributed by atoms with Gasteiger partial charge in [0.1, 0.15) is 0 Å². The lowest BCUT2D eigenvalue weighted by molar-refractivity contribution is -0.137. The molecule has 0 spiro atoms. The second-order valence-electron chi connectivity index (χ2n) is 6.42. The number of hydrogen-bond donors (Lipinski definition) is 1. The molecule has 3 nitrogen and oxygen atoms in total. The maximum atomic E-state index is 12.7. The number of hydrogen-bond acceptors (Lipinski definition) is 3. The predicted octanol–water partition coefficient (Wildman–Crippen LogP) is 2.72. The van der Waals surface area contributed by atoms with Crippen molar-refractivity contribution in [1.82, 2.24) is 0 Å². The van der Waals surface area contributed by atoms with Crippen LogP contribution in [0, 0.1) is 0 Å². The van der Waals surface area contributed by atoms with Crippen LogP contribution in [0.1, 0.15) is 36.8 Å². The molecular formula is C15H17F3O3S. The van der Waals surface area contributed by atoms with Gasteiger partial charge >= 0.3 is 6.18 Å². The highest BCUT2D eigenvalue weighted by atomic mass is 32.2. The molecule has 2 saturated heterocycles. The van der Waals surface area contributed by atoms with Gasteiger partial charge in [0.25, 0.3) is 0 Å². The Morgan fingerprint density at radius 2 is 1.77 bits per heavy atom. The van der Waals surface area contributed by atoms with E-state index >= 15 is 0 Å². The first-order valence-corrected chi connectivity index (χ1v) is 8.82. The summed E-state index contributed by atoms with van der Waals surface area (Å²) in [5, 5.41) is 9.58. The van der Waals surface area contributed by atoms with Gasteiger partial charge in [-0.1, -0.05) is 18.2 Å². The quantitative estimate of drug-likeness (QED) is 0.905. The highest BCUT2D eigenvalue weighted by Gasteiger charge is 2.52. The number of fused-ring (bicyclic) bond motifs is 2. The highest BCUT2D eigenvalue weighted by molar-refractivity contribution is 7.93. The van der Waals surface area contributed by atoms with Crippen molar-refractivity contribution in [3.8, 4) is 0 Å². The third kappa shape index (κ3) is 2.76. The molecule has 2 aliphatic heterocycles. The Labute approximate surface area is 127 Å². The molecule has 0 radical (unpaired) electrons. The van der Waals surface area contributed by atoms with Gasteiger partial charge in [0.2, 0.25) is 0 Å².